The van der Waals surface area contributed by atoms with Crippen LogP contribution < -0.4 is 0 Å². The van der Waals surface area contributed by atoms with Crippen LogP contribution in [-0.2, 0) is 13.5 Å². The molecule has 3 rings (SSSR count). The number of halogens is 2. The number of imidazole rings is 1. The first kappa shape index (κ1) is 14.4. The lowest BCUT2D eigenvalue weighted by atomic mass is 10.2. The third-order valence-corrected chi connectivity index (χ3v) is 3.89. The Kier molecular flexibility index (Phi) is 3.68. The number of benzene rings is 1. The second kappa shape index (κ2) is 5.35. The summed E-state index contributed by atoms with van der Waals surface area (Å²) in [5.74, 6) is 0.802. The number of aromatic nitrogens is 4. The van der Waals surface area contributed by atoms with Crippen molar-refractivity contribution in [3.8, 4) is 5.69 Å². The van der Waals surface area contributed by atoms with Crippen LogP contribution in [0.15, 0.2) is 24.4 Å². The normalized spacial score (nSPS) is 13.0. The number of fused-ring (bicyclic) bond motifs is 1. The average Bonchev–Trinajstić information content (AvgIpc) is 2.97. The maximum absolute atomic E-state index is 6.33. The number of rotatable bonds is 3. The van der Waals surface area contributed by atoms with Gasteiger partial charge < -0.3 is 0 Å². The Morgan fingerprint density at radius 1 is 1.33 bits per heavy atom. The lowest BCUT2D eigenvalue weighted by molar-refractivity contribution is 0.746. The van der Waals surface area contributed by atoms with Gasteiger partial charge in [-0.25, -0.2) is 4.98 Å². The zero-order chi connectivity index (χ0) is 15.1. The zero-order valence-electron chi connectivity index (χ0n) is 12.1. The summed E-state index contributed by atoms with van der Waals surface area (Å²) in [4.78, 5) is 4.64. The van der Waals surface area contributed by atoms with Gasteiger partial charge in [-0.2, -0.15) is 5.10 Å². The number of aryl methyl sites for hydroxylation is 2. The number of nitrogens with zero attached hydrogens (tertiary/aromatic N) is 4. The Bertz CT molecular complexity index is 801. The third kappa shape index (κ3) is 2.43. The van der Waals surface area contributed by atoms with Crippen molar-refractivity contribution in [2.75, 3.05) is 0 Å². The number of alkyl halides is 1. The Labute approximate surface area is 133 Å². The molecule has 0 N–H and O–H groups in total. The van der Waals surface area contributed by atoms with Gasteiger partial charge >= 0.3 is 0 Å². The molecule has 21 heavy (non-hydrogen) atoms. The minimum absolute atomic E-state index is 0.207. The Balaban J connectivity index is 2.36. The van der Waals surface area contributed by atoms with Crippen molar-refractivity contribution in [2.45, 2.75) is 25.6 Å². The fraction of sp³-hybridized carbons (Fsp3) is 0.333. The van der Waals surface area contributed by atoms with Gasteiger partial charge in [0.05, 0.1) is 27.8 Å². The molecule has 1 atom stereocenters. The van der Waals surface area contributed by atoms with E-state index in [9.17, 15) is 0 Å². The van der Waals surface area contributed by atoms with E-state index < -0.39 is 0 Å². The van der Waals surface area contributed by atoms with Crippen molar-refractivity contribution in [1.82, 2.24) is 19.3 Å². The van der Waals surface area contributed by atoms with Crippen LogP contribution in [0.3, 0.4) is 0 Å². The van der Waals surface area contributed by atoms with Gasteiger partial charge in [0.1, 0.15) is 5.82 Å². The topological polar surface area (TPSA) is 35.6 Å². The molecule has 0 fully saturated rings. The molecule has 3 aromatic rings. The summed E-state index contributed by atoms with van der Waals surface area (Å²) in [6.45, 7) is 4.01. The van der Waals surface area contributed by atoms with Crippen LogP contribution in [0.5, 0.6) is 0 Å². The van der Waals surface area contributed by atoms with E-state index in [4.69, 9.17) is 23.2 Å². The van der Waals surface area contributed by atoms with Crippen LogP contribution >= 0.6 is 23.2 Å². The van der Waals surface area contributed by atoms with E-state index in [0.29, 0.717) is 5.02 Å². The van der Waals surface area contributed by atoms with Crippen LogP contribution in [0.2, 0.25) is 5.02 Å². The fourth-order valence-corrected chi connectivity index (χ4v) is 2.87. The van der Waals surface area contributed by atoms with E-state index in [0.717, 1.165) is 34.7 Å². The number of hydrogen-bond donors (Lipinski definition) is 0. The van der Waals surface area contributed by atoms with Crippen molar-refractivity contribution in [2.24, 2.45) is 7.05 Å². The highest BCUT2D eigenvalue weighted by molar-refractivity contribution is 6.31. The van der Waals surface area contributed by atoms with E-state index in [1.807, 2.05) is 43.0 Å². The maximum Gasteiger partial charge on any atom is 0.132 e. The second-order valence-corrected chi connectivity index (χ2v) is 6.13. The molecule has 0 bridgehead atoms. The molecule has 6 heteroatoms. The first-order valence-corrected chi connectivity index (χ1v) is 7.67. The highest BCUT2D eigenvalue weighted by Crippen LogP contribution is 2.30. The molecule has 0 radical (unpaired) electrons. The molecule has 110 valence electrons. The molecule has 2 aromatic heterocycles. The summed E-state index contributed by atoms with van der Waals surface area (Å²) < 4.78 is 3.90. The summed E-state index contributed by atoms with van der Waals surface area (Å²) in [6.07, 6.45) is 2.84. The molecule has 4 nitrogen and oxygen atoms in total. The van der Waals surface area contributed by atoms with E-state index in [1.54, 1.807) is 0 Å². The van der Waals surface area contributed by atoms with Crippen molar-refractivity contribution < 1.29 is 0 Å². The molecule has 0 aliphatic rings. The Morgan fingerprint density at radius 3 is 2.76 bits per heavy atom. The van der Waals surface area contributed by atoms with E-state index >= 15 is 0 Å². The standard InChI is InChI=1S/C15H16Cl2N4/c1-4-11-14(8-20(3)19-11)21-13-6-5-10(17)7-12(13)18-15(21)9(2)16/h5-9H,4H2,1-3H3. The van der Waals surface area contributed by atoms with Gasteiger partial charge in [0, 0.05) is 18.3 Å². The van der Waals surface area contributed by atoms with Crippen LogP contribution in [0, 0.1) is 0 Å². The van der Waals surface area contributed by atoms with Gasteiger partial charge in [-0.15, -0.1) is 11.6 Å². The molecule has 2 heterocycles. The van der Waals surface area contributed by atoms with Crippen LogP contribution in [0.25, 0.3) is 16.7 Å². The molecule has 0 saturated carbocycles. The van der Waals surface area contributed by atoms with Crippen molar-refractivity contribution in [3.05, 3.63) is 40.9 Å². The molecule has 0 spiro atoms. The number of hydrogen-bond acceptors (Lipinski definition) is 2. The summed E-state index contributed by atoms with van der Waals surface area (Å²) in [7, 11) is 1.92. The van der Waals surface area contributed by atoms with Gasteiger partial charge in [0.2, 0.25) is 0 Å². The van der Waals surface area contributed by atoms with Crippen LogP contribution in [-0.4, -0.2) is 19.3 Å². The predicted molar refractivity (Wildman–Crippen MR) is 86.5 cm³/mol. The lowest BCUT2D eigenvalue weighted by Gasteiger charge is -2.09. The molecular weight excluding hydrogens is 307 g/mol. The fourth-order valence-electron chi connectivity index (χ4n) is 2.55. The largest absolute Gasteiger partial charge is 0.292 e. The summed E-state index contributed by atoms with van der Waals surface area (Å²) in [5, 5.41) is 4.97. The highest BCUT2D eigenvalue weighted by Gasteiger charge is 2.19. The van der Waals surface area contributed by atoms with Crippen molar-refractivity contribution in [3.63, 3.8) is 0 Å². The zero-order valence-corrected chi connectivity index (χ0v) is 13.7. The molecular formula is C15H16Cl2N4. The smallest absolute Gasteiger partial charge is 0.132 e. The Hall–Kier alpha value is -1.52. The SMILES string of the molecule is CCc1nn(C)cc1-n1c(C(C)Cl)nc2cc(Cl)ccc21. The monoisotopic (exact) mass is 322 g/mol. The summed E-state index contributed by atoms with van der Waals surface area (Å²) in [6, 6.07) is 5.70. The quantitative estimate of drug-likeness (QED) is 0.675. The highest BCUT2D eigenvalue weighted by atomic mass is 35.5. The molecule has 1 aromatic carbocycles. The van der Waals surface area contributed by atoms with Crippen molar-refractivity contribution in [1.29, 1.82) is 0 Å². The van der Waals surface area contributed by atoms with E-state index in [-0.39, 0.29) is 5.38 Å². The molecule has 0 amide bonds. The minimum atomic E-state index is -0.207. The first-order valence-electron chi connectivity index (χ1n) is 6.86. The van der Waals surface area contributed by atoms with Gasteiger partial charge in [-0.1, -0.05) is 18.5 Å². The van der Waals surface area contributed by atoms with Gasteiger partial charge in [-0.05, 0) is 31.5 Å². The van der Waals surface area contributed by atoms with Gasteiger partial charge in [0.25, 0.3) is 0 Å². The van der Waals surface area contributed by atoms with E-state index in [1.165, 1.54) is 0 Å². The van der Waals surface area contributed by atoms with Gasteiger partial charge in [-0.3, -0.25) is 9.25 Å². The molecule has 0 aliphatic heterocycles. The second-order valence-electron chi connectivity index (χ2n) is 5.04. The maximum atomic E-state index is 6.33. The lowest BCUT2D eigenvalue weighted by Crippen LogP contribution is -2.03. The molecule has 0 aliphatic carbocycles. The average molecular weight is 323 g/mol. The molecule has 0 saturated heterocycles. The predicted octanol–water partition coefficient (Wildman–Crippen LogP) is 4.27. The Morgan fingerprint density at radius 2 is 2.10 bits per heavy atom. The first-order chi connectivity index (χ1) is 10.0. The van der Waals surface area contributed by atoms with Gasteiger partial charge in [0.15, 0.2) is 0 Å². The minimum Gasteiger partial charge on any atom is -0.292 e. The summed E-state index contributed by atoms with van der Waals surface area (Å²) in [5.41, 5.74) is 3.87. The van der Waals surface area contributed by atoms with Crippen LogP contribution in [0.1, 0.15) is 30.7 Å². The summed E-state index contributed by atoms with van der Waals surface area (Å²) >= 11 is 12.4. The van der Waals surface area contributed by atoms with E-state index in [2.05, 4.69) is 21.6 Å². The molecule has 1 unspecified atom stereocenters. The third-order valence-electron chi connectivity index (χ3n) is 3.46. The van der Waals surface area contributed by atoms with Crippen LogP contribution in [0.4, 0.5) is 0 Å². The van der Waals surface area contributed by atoms with Crippen molar-refractivity contribution >= 4 is 34.2 Å².